The highest BCUT2D eigenvalue weighted by atomic mass is 16.6. The molecule has 2 aromatic rings. The van der Waals surface area contributed by atoms with E-state index in [-0.39, 0.29) is 16.7 Å². The third-order valence-corrected chi connectivity index (χ3v) is 3.86. The topological polar surface area (TPSA) is 64.4 Å². The van der Waals surface area contributed by atoms with Crippen LogP contribution >= 0.6 is 0 Å². The van der Waals surface area contributed by atoms with E-state index in [1.54, 1.807) is 19.2 Å². The molecule has 0 saturated heterocycles. The molecule has 122 valence electrons. The van der Waals surface area contributed by atoms with Gasteiger partial charge >= 0.3 is 0 Å². The monoisotopic (exact) mass is 314 g/mol. The first-order valence-electron chi connectivity index (χ1n) is 7.74. The predicted octanol–water partition coefficient (Wildman–Crippen LogP) is 3.89. The van der Waals surface area contributed by atoms with Crippen molar-refractivity contribution in [3.63, 3.8) is 0 Å². The van der Waals surface area contributed by atoms with Gasteiger partial charge in [-0.3, -0.25) is 10.1 Å². The molecule has 0 aromatic heterocycles. The summed E-state index contributed by atoms with van der Waals surface area (Å²) in [6, 6.07) is 15.0. The van der Waals surface area contributed by atoms with Crippen molar-refractivity contribution in [1.29, 1.82) is 0 Å². The van der Waals surface area contributed by atoms with Crippen molar-refractivity contribution >= 4 is 5.69 Å². The number of nitrogens with zero attached hydrogens (tertiary/aromatic N) is 1. The zero-order chi connectivity index (χ0) is 16.7. The molecule has 0 aliphatic rings. The van der Waals surface area contributed by atoms with Crippen molar-refractivity contribution < 1.29 is 9.66 Å². The molecule has 1 atom stereocenters. The maximum Gasteiger partial charge on any atom is 0.269 e. The minimum Gasteiger partial charge on any atom is -0.497 e. The lowest BCUT2D eigenvalue weighted by atomic mass is 10.0. The maximum absolute atomic E-state index is 10.9. The molecule has 23 heavy (non-hydrogen) atoms. The van der Waals surface area contributed by atoms with Crippen LogP contribution in [0.15, 0.2) is 48.5 Å². The molecule has 0 fully saturated rings. The lowest BCUT2D eigenvalue weighted by Gasteiger charge is -2.17. The van der Waals surface area contributed by atoms with Gasteiger partial charge in [-0.1, -0.05) is 31.2 Å². The van der Waals surface area contributed by atoms with E-state index in [0.29, 0.717) is 0 Å². The Morgan fingerprint density at radius 3 is 2.57 bits per heavy atom. The van der Waals surface area contributed by atoms with Gasteiger partial charge < -0.3 is 10.1 Å². The van der Waals surface area contributed by atoms with Crippen molar-refractivity contribution in [2.75, 3.05) is 13.7 Å². The van der Waals surface area contributed by atoms with E-state index in [0.717, 1.165) is 30.7 Å². The SMILES string of the molecule is CCC(NCCc1ccc(OC)cc1)c1cccc([N+](=O)[O-])c1. The van der Waals surface area contributed by atoms with Gasteiger partial charge in [-0.15, -0.1) is 0 Å². The molecule has 2 rings (SSSR count). The number of non-ortho nitro benzene ring substituents is 1. The van der Waals surface area contributed by atoms with Crippen LogP contribution in [-0.2, 0) is 6.42 Å². The van der Waals surface area contributed by atoms with Gasteiger partial charge in [0.25, 0.3) is 5.69 Å². The second kappa shape index (κ2) is 8.29. The Labute approximate surface area is 136 Å². The summed E-state index contributed by atoms with van der Waals surface area (Å²) in [4.78, 5) is 10.5. The highest BCUT2D eigenvalue weighted by Gasteiger charge is 2.12. The van der Waals surface area contributed by atoms with E-state index in [4.69, 9.17) is 4.74 Å². The lowest BCUT2D eigenvalue weighted by Crippen LogP contribution is -2.23. The van der Waals surface area contributed by atoms with Crippen molar-refractivity contribution in [3.8, 4) is 5.75 Å². The van der Waals surface area contributed by atoms with Gasteiger partial charge in [-0.2, -0.15) is 0 Å². The predicted molar refractivity (Wildman–Crippen MR) is 90.8 cm³/mol. The number of nitro benzene ring substituents is 1. The first-order valence-corrected chi connectivity index (χ1v) is 7.74. The molecule has 0 spiro atoms. The van der Waals surface area contributed by atoms with E-state index < -0.39 is 0 Å². The van der Waals surface area contributed by atoms with Gasteiger partial charge in [0, 0.05) is 18.2 Å². The van der Waals surface area contributed by atoms with Crippen LogP contribution in [0.1, 0.15) is 30.5 Å². The molecule has 0 amide bonds. The van der Waals surface area contributed by atoms with Crippen molar-refractivity contribution in [3.05, 3.63) is 69.8 Å². The number of methoxy groups -OCH3 is 1. The molecule has 5 heteroatoms. The summed E-state index contributed by atoms with van der Waals surface area (Å²) in [7, 11) is 1.65. The van der Waals surface area contributed by atoms with Crippen LogP contribution < -0.4 is 10.1 Å². The quantitative estimate of drug-likeness (QED) is 0.593. The number of ether oxygens (including phenoxy) is 1. The fraction of sp³-hybridized carbons (Fsp3) is 0.333. The summed E-state index contributed by atoms with van der Waals surface area (Å²) in [5.74, 6) is 0.852. The Hall–Kier alpha value is -2.40. The maximum atomic E-state index is 10.9. The van der Waals surface area contributed by atoms with Gasteiger partial charge in [0.05, 0.1) is 12.0 Å². The first-order chi connectivity index (χ1) is 11.1. The summed E-state index contributed by atoms with van der Waals surface area (Å²) in [6.07, 6.45) is 1.78. The van der Waals surface area contributed by atoms with Crippen LogP contribution in [0.5, 0.6) is 5.75 Å². The van der Waals surface area contributed by atoms with Gasteiger partial charge in [0.15, 0.2) is 0 Å². The summed E-state index contributed by atoms with van der Waals surface area (Å²) < 4.78 is 5.15. The van der Waals surface area contributed by atoms with E-state index in [1.807, 2.05) is 18.2 Å². The third-order valence-electron chi connectivity index (χ3n) is 3.86. The summed E-state index contributed by atoms with van der Waals surface area (Å²) in [6.45, 7) is 2.89. The molecule has 5 nitrogen and oxygen atoms in total. The Bertz CT molecular complexity index is 641. The standard InChI is InChI=1S/C18H22N2O3/c1-3-18(15-5-4-6-16(13-15)20(21)22)19-12-11-14-7-9-17(23-2)10-8-14/h4-10,13,18-19H,3,11-12H2,1-2H3. The number of rotatable bonds is 8. The average molecular weight is 314 g/mol. The third kappa shape index (κ3) is 4.79. The number of nitrogens with one attached hydrogen (secondary N) is 1. The van der Waals surface area contributed by atoms with E-state index in [9.17, 15) is 10.1 Å². The van der Waals surface area contributed by atoms with Gasteiger partial charge in [-0.05, 0) is 42.6 Å². The molecule has 0 heterocycles. The van der Waals surface area contributed by atoms with Gasteiger partial charge in [0.1, 0.15) is 5.75 Å². The van der Waals surface area contributed by atoms with Crippen LogP contribution in [0.3, 0.4) is 0 Å². The second-order valence-corrected chi connectivity index (χ2v) is 5.37. The number of hydrogen-bond acceptors (Lipinski definition) is 4. The lowest BCUT2D eigenvalue weighted by molar-refractivity contribution is -0.384. The minimum atomic E-state index is -0.354. The molecule has 1 unspecified atom stereocenters. The summed E-state index contributed by atoms with van der Waals surface area (Å²) in [5.41, 5.74) is 2.32. The van der Waals surface area contributed by atoms with Crippen LogP contribution in [0.25, 0.3) is 0 Å². The molecule has 0 bridgehead atoms. The number of benzene rings is 2. The molecule has 0 radical (unpaired) electrons. The average Bonchev–Trinajstić information content (AvgIpc) is 2.59. The zero-order valence-electron chi connectivity index (χ0n) is 13.5. The Morgan fingerprint density at radius 1 is 1.22 bits per heavy atom. The Kier molecular flexibility index (Phi) is 6.11. The number of hydrogen-bond donors (Lipinski definition) is 1. The van der Waals surface area contributed by atoms with Crippen LogP contribution in [0, 0.1) is 10.1 Å². The highest BCUT2D eigenvalue weighted by molar-refractivity contribution is 5.35. The number of nitro groups is 1. The molecular formula is C18H22N2O3. The molecule has 0 aliphatic carbocycles. The fourth-order valence-electron chi connectivity index (χ4n) is 2.54. The van der Waals surface area contributed by atoms with Crippen molar-refractivity contribution in [2.24, 2.45) is 0 Å². The Morgan fingerprint density at radius 2 is 1.96 bits per heavy atom. The fourth-order valence-corrected chi connectivity index (χ4v) is 2.54. The van der Waals surface area contributed by atoms with E-state index in [2.05, 4.69) is 24.4 Å². The van der Waals surface area contributed by atoms with Crippen LogP contribution in [0.2, 0.25) is 0 Å². The summed E-state index contributed by atoms with van der Waals surface area (Å²) in [5, 5.41) is 14.4. The molecule has 0 saturated carbocycles. The molecule has 1 N–H and O–H groups in total. The Balaban J connectivity index is 1.94. The normalized spacial score (nSPS) is 11.9. The van der Waals surface area contributed by atoms with Crippen LogP contribution in [0.4, 0.5) is 5.69 Å². The first kappa shape index (κ1) is 17.0. The minimum absolute atomic E-state index is 0.119. The van der Waals surface area contributed by atoms with Gasteiger partial charge in [0.2, 0.25) is 0 Å². The van der Waals surface area contributed by atoms with Gasteiger partial charge in [-0.25, -0.2) is 0 Å². The van der Waals surface area contributed by atoms with E-state index >= 15 is 0 Å². The summed E-state index contributed by atoms with van der Waals surface area (Å²) >= 11 is 0. The second-order valence-electron chi connectivity index (χ2n) is 5.37. The van der Waals surface area contributed by atoms with Crippen molar-refractivity contribution in [2.45, 2.75) is 25.8 Å². The smallest absolute Gasteiger partial charge is 0.269 e. The van der Waals surface area contributed by atoms with Crippen LogP contribution in [-0.4, -0.2) is 18.6 Å². The largest absolute Gasteiger partial charge is 0.497 e. The van der Waals surface area contributed by atoms with E-state index in [1.165, 1.54) is 11.6 Å². The highest BCUT2D eigenvalue weighted by Crippen LogP contribution is 2.21. The molecular weight excluding hydrogens is 292 g/mol. The molecule has 0 aliphatic heterocycles. The molecule has 2 aromatic carbocycles. The zero-order valence-corrected chi connectivity index (χ0v) is 13.5. The van der Waals surface area contributed by atoms with Crippen molar-refractivity contribution in [1.82, 2.24) is 5.32 Å².